The topological polar surface area (TPSA) is 0 Å². The SMILES string of the molecule is CCCC(CCCc1cccc(Br)c1)c1ccc(Br)cc1. The number of hydrogen-bond donors (Lipinski definition) is 0. The van der Waals surface area contributed by atoms with Crippen LogP contribution in [0, 0.1) is 0 Å². The lowest BCUT2D eigenvalue weighted by atomic mass is 9.89. The second-order valence-electron chi connectivity index (χ2n) is 5.56. The molecule has 2 heteroatoms. The number of rotatable bonds is 7. The number of benzene rings is 2. The van der Waals surface area contributed by atoms with Crippen LogP contribution in [-0.4, -0.2) is 0 Å². The zero-order valence-electron chi connectivity index (χ0n) is 12.5. The molecule has 0 fully saturated rings. The van der Waals surface area contributed by atoms with E-state index in [1.54, 1.807) is 0 Å². The van der Waals surface area contributed by atoms with Gasteiger partial charge in [0, 0.05) is 8.95 Å². The molecule has 0 bridgehead atoms. The summed E-state index contributed by atoms with van der Waals surface area (Å²) >= 11 is 7.07. The molecular formula is C19H22Br2. The molecule has 0 aliphatic rings. The molecule has 0 saturated carbocycles. The van der Waals surface area contributed by atoms with Gasteiger partial charge in [-0.05, 0) is 67.0 Å². The van der Waals surface area contributed by atoms with E-state index in [0.717, 1.165) is 10.9 Å². The Morgan fingerprint density at radius 1 is 0.905 bits per heavy atom. The molecule has 0 aliphatic heterocycles. The van der Waals surface area contributed by atoms with E-state index in [1.807, 2.05) is 0 Å². The highest BCUT2D eigenvalue weighted by Crippen LogP contribution is 2.28. The van der Waals surface area contributed by atoms with Crippen molar-refractivity contribution in [1.82, 2.24) is 0 Å². The third-order valence-corrected chi connectivity index (χ3v) is 4.91. The minimum Gasteiger partial charge on any atom is -0.0654 e. The van der Waals surface area contributed by atoms with Crippen LogP contribution >= 0.6 is 31.9 Å². The zero-order chi connectivity index (χ0) is 15.1. The quantitative estimate of drug-likeness (QED) is 0.456. The van der Waals surface area contributed by atoms with Gasteiger partial charge in [0.05, 0.1) is 0 Å². The van der Waals surface area contributed by atoms with E-state index in [4.69, 9.17) is 0 Å². The molecule has 0 nitrogen and oxygen atoms in total. The van der Waals surface area contributed by atoms with E-state index in [2.05, 4.69) is 87.3 Å². The summed E-state index contributed by atoms with van der Waals surface area (Å²) in [6.45, 7) is 2.28. The summed E-state index contributed by atoms with van der Waals surface area (Å²) in [6, 6.07) is 17.5. The minimum atomic E-state index is 0.690. The maximum Gasteiger partial charge on any atom is 0.0177 e. The average molecular weight is 410 g/mol. The normalized spacial score (nSPS) is 12.3. The van der Waals surface area contributed by atoms with Crippen molar-refractivity contribution in [2.45, 2.75) is 44.9 Å². The van der Waals surface area contributed by atoms with Crippen molar-refractivity contribution in [3.8, 4) is 0 Å². The van der Waals surface area contributed by atoms with Gasteiger partial charge < -0.3 is 0 Å². The molecule has 1 unspecified atom stereocenters. The first-order valence-electron chi connectivity index (χ1n) is 7.69. The highest BCUT2D eigenvalue weighted by molar-refractivity contribution is 9.10. The monoisotopic (exact) mass is 408 g/mol. The van der Waals surface area contributed by atoms with Gasteiger partial charge in [0.25, 0.3) is 0 Å². The Kier molecular flexibility index (Phi) is 6.98. The van der Waals surface area contributed by atoms with E-state index >= 15 is 0 Å². The lowest BCUT2D eigenvalue weighted by Crippen LogP contribution is -2.00. The number of hydrogen-bond acceptors (Lipinski definition) is 0. The Balaban J connectivity index is 1.92. The van der Waals surface area contributed by atoms with Crippen LogP contribution in [0.2, 0.25) is 0 Å². The van der Waals surface area contributed by atoms with Crippen molar-refractivity contribution < 1.29 is 0 Å². The first kappa shape index (κ1) is 16.8. The summed E-state index contributed by atoms with van der Waals surface area (Å²) in [4.78, 5) is 0. The predicted molar refractivity (Wildman–Crippen MR) is 98.9 cm³/mol. The van der Waals surface area contributed by atoms with Crippen LogP contribution in [0.5, 0.6) is 0 Å². The molecule has 0 heterocycles. The number of aryl methyl sites for hydroxylation is 1. The highest BCUT2D eigenvalue weighted by atomic mass is 79.9. The van der Waals surface area contributed by atoms with Crippen molar-refractivity contribution in [2.75, 3.05) is 0 Å². The number of halogens is 2. The highest BCUT2D eigenvalue weighted by Gasteiger charge is 2.10. The first-order chi connectivity index (χ1) is 10.2. The molecule has 21 heavy (non-hydrogen) atoms. The second-order valence-corrected chi connectivity index (χ2v) is 7.39. The van der Waals surface area contributed by atoms with E-state index < -0.39 is 0 Å². The van der Waals surface area contributed by atoms with Crippen molar-refractivity contribution in [1.29, 1.82) is 0 Å². The molecule has 0 radical (unpaired) electrons. The van der Waals surface area contributed by atoms with Crippen molar-refractivity contribution in [2.24, 2.45) is 0 Å². The Bertz CT molecular complexity index is 546. The van der Waals surface area contributed by atoms with E-state index in [1.165, 1.54) is 41.3 Å². The molecule has 112 valence electrons. The summed E-state index contributed by atoms with van der Waals surface area (Å²) in [5.74, 6) is 0.690. The zero-order valence-corrected chi connectivity index (χ0v) is 15.7. The Labute approximate surface area is 145 Å². The summed E-state index contributed by atoms with van der Waals surface area (Å²) in [7, 11) is 0. The van der Waals surface area contributed by atoms with E-state index in [0.29, 0.717) is 5.92 Å². The largest absolute Gasteiger partial charge is 0.0654 e. The van der Waals surface area contributed by atoms with E-state index in [9.17, 15) is 0 Å². The van der Waals surface area contributed by atoms with Crippen LogP contribution in [0.25, 0.3) is 0 Å². The van der Waals surface area contributed by atoms with Crippen LogP contribution in [0.4, 0.5) is 0 Å². The van der Waals surface area contributed by atoms with Crippen LogP contribution < -0.4 is 0 Å². The summed E-state index contributed by atoms with van der Waals surface area (Å²) in [5.41, 5.74) is 2.91. The molecule has 2 aromatic carbocycles. The average Bonchev–Trinajstić information content (AvgIpc) is 2.47. The van der Waals surface area contributed by atoms with Gasteiger partial charge in [-0.25, -0.2) is 0 Å². The van der Waals surface area contributed by atoms with Gasteiger partial charge in [-0.15, -0.1) is 0 Å². The second kappa shape index (κ2) is 8.75. The molecule has 2 aromatic rings. The third-order valence-electron chi connectivity index (χ3n) is 3.89. The minimum absolute atomic E-state index is 0.690. The first-order valence-corrected chi connectivity index (χ1v) is 9.27. The Hall–Kier alpha value is -0.600. The van der Waals surface area contributed by atoms with Gasteiger partial charge in [0.15, 0.2) is 0 Å². The maximum atomic E-state index is 3.55. The van der Waals surface area contributed by atoms with Gasteiger partial charge in [0.2, 0.25) is 0 Å². The van der Waals surface area contributed by atoms with Crippen LogP contribution in [-0.2, 0) is 6.42 Å². The summed E-state index contributed by atoms with van der Waals surface area (Å²) < 4.78 is 2.34. The van der Waals surface area contributed by atoms with Gasteiger partial charge in [-0.3, -0.25) is 0 Å². The lowest BCUT2D eigenvalue weighted by molar-refractivity contribution is 0.545. The lowest BCUT2D eigenvalue weighted by Gasteiger charge is -2.17. The van der Waals surface area contributed by atoms with Crippen molar-refractivity contribution in [3.63, 3.8) is 0 Å². The Morgan fingerprint density at radius 3 is 2.33 bits per heavy atom. The fraction of sp³-hybridized carbons (Fsp3) is 0.368. The molecule has 0 amide bonds. The van der Waals surface area contributed by atoms with Crippen molar-refractivity contribution in [3.05, 3.63) is 68.6 Å². The van der Waals surface area contributed by atoms with Gasteiger partial charge >= 0.3 is 0 Å². The Morgan fingerprint density at radius 2 is 1.67 bits per heavy atom. The molecule has 1 atom stereocenters. The van der Waals surface area contributed by atoms with Gasteiger partial charge in [0.1, 0.15) is 0 Å². The van der Waals surface area contributed by atoms with Gasteiger partial charge in [-0.1, -0.05) is 69.5 Å². The molecule has 0 aliphatic carbocycles. The fourth-order valence-corrected chi connectivity index (χ4v) is 3.52. The predicted octanol–water partition coefficient (Wildman–Crippen LogP) is 7.12. The summed E-state index contributed by atoms with van der Waals surface area (Å²) in [5, 5.41) is 0. The fourth-order valence-electron chi connectivity index (χ4n) is 2.81. The molecule has 0 spiro atoms. The standard InChI is InChI=1S/C19H22Br2/c1-2-5-16(17-10-12-18(20)13-11-17)8-3-6-15-7-4-9-19(21)14-15/h4,7,9-14,16H,2-3,5-6,8H2,1H3. The molecule has 2 rings (SSSR count). The molecular weight excluding hydrogens is 388 g/mol. The third kappa shape index (κ3) is 5.60. The molecule has 0 saturated heterocycles. The maximum absolute atomic E-state index is 3.55. The van der Waals surface area contributed by atoms with E-state index in [-0.39, 0.29) is 0 Å². The summed E-state index contributed by atoms with van der Waals surface area (Å²) in [6.07, 6.45) is 6.20. The van der Waals surface area contributed by atoms with Crippen molar-refractivity contribution >= 4 is 31.9 Å². The van der Waals surface area contributed by atoms with Crippen LogP contribution in [0.1, 0.15) is 49.7 Å². The smallest absolute Gasteiger partial charge is 0.0177 e. The molecule has 0 N–H and O–H groups in total. The van der Waals surface area contributed by atoms with Crippen LogP contribution in [0.3, 0.4) is 0 Å². The van der Waals surface area contributed by atoms with Gasteiger partial charge in [-0.2, -0.15) is 0 Å². The van der Waals surface area contributed by atoms with Crippen LogP contribution in [0.15, 0.2) is 57.5 Å². The molecule has 0 aromatic heterocycles.